The van der Waals surface area contributed by atoms with Gasteiger partial charge in [-0.05, 0) is 31.2 Å². The Morgan fingerprint density at radius 3 is 2.32 bits per heavy atom. The summed E-state index contributed by atoms with van der Waals surface area (Å²) >= 11 is 0. The molecule has 0 spiro atoms. The number of rotatable bonds is 4. The fraction of sp³-hybridized carbons (Fsp3) is 0.158. The van der Waals surface area contributed by atoms with Crippen molar-refractivity contribution in [2.75, 3.05) is 5.32 Å². The van der Waals surface area contributed by atoms with Crippen molar-refractivity contribution < 1.29 is 18.0 Å². The molecule has 0 saturated heterocycles. The molecule has 0 atom stereocenters. The number of amides is 1. The molecule has 2 aromatic carbocycles. The highest BCUT2D eigenvalue weighted by molar-refractivity contribution is 6.04. The largest absolute Gasteiger partial charge is 0.445 e. The highest BCUT2D eigenvalue weighted by Gasteiger charge is 2.17. The zero-order chi connectivity index (χ0) is 18.0. The summed E-state index contributed by atoms with van der Waals surface area (Å²) in [4.78, 5) is 16.5. The molecule has 1 aromatic heterocycles. The fourth-order valence-corrected chi connectivity index (χ4v) is 2.49. The topological polar surface area (TPSA) is 55.1 Å². The second-order valence-electron chi connectivity index (χ2n) is 5.49. The number of hydrogen-bond acceptors (Lipinski definition) is 3. The molecule has 6 heteroatoms. The zero-order valence-corrected chi connectivity index (χ0v) is 13.8. The van der Waals surface area contributed by atoms with Crippen LogP contribution in [0.4, 0.5) is 14.5 Å². The second kappa shape index (κ2) is 6.84. The minimum absolute atomic E-state index is 0.424. The first-order valence-electron chi connectivity index (χ1n) is 7.81. The van der Waals surface area contributed by atoms with Crippen LogP contribution in [0.25, 0.3) is 11.3 Å². The van der Waals surface area contributed by atoms with Gasteiger partial charge in [0.15, 0.2) is 5.89 Å². The van der Waals surface area contributed by atoms with Crippen LogP contribution in [0.15, 0.2) is 46.9 Å². The van der Waals surface area contributed by atoms with Gasteiger partial charge >= 0.3 is 0 Å². The van der Waals surface area contributed by atoms with Crippen molar-refractivity contribution in [2.45, 2.75) is 20.3 Å². The Balaban J connectivity index is 1.81. The molecule has 3 aromatic rings. The molecule has 0 radical (unpaired) electrons. The van der Waals surface area contributed by atoms with Crippen molar-refractivity contribution in [1.29, 1.82) is 0 Å². The van der Waals surface area contributed by atoms with Gasteiger partial charge in [0.2, 0.25) is 0 Å². The van der Waals surface area contributed by atoms with Gasteiger partial charge in [0.25, 0.3) is 5.91 Å². The van der Waals surface area contributed by atoms with Crippen LogP contribution in [-0.4, -0.2) is 10.9 Å². The van der Waals surface area contributed by atoms with E-state index in [0.717, 1.165) is 23.4 Å². The molecular weight excluding hydrogens is 326 g/mol. The molecule has 25 heavy (non-hydrogen) atoms. The molecular formula is C19H16F2N2O2. The summed E-state index contributed by atoms with van der Waals surface area (Å²) in [6.07, 6.45) is 0.698. The zero-order valence-electron chi connectivity index (χ0n) is 13.8. The normalized spacial score (nSPS) is 10.7. The monoisotopic (exact) mass is 342 g/mol. The lowest BCUT2D eigenvalue weighted by Crippen LogP contribution is -2.15. The summed E-state index contributed by atoms with van der Waals surface area (Å²) in [5.74, 6) is -1.28. The molecule has 1 heterocycles. The summed E-state index contributed by atoms with van der Waals surface area (Å²) in [5.41, 5.74) is 1.38. The predicted molar refractivity (Wildman–Crippen MR) is 90.4 cm³/mol. The van der Waals surface area contributed by atoms with Crippen molar-refractivity contribution in [3.63, 3.8) is 0 Å². The molecule has 0 bridgehead atoms. The number of oxazole rings is 1. The number of aryl methyl sites for hydroxylation is 2. The Morgan fingerprint density at radius 2 is 1.76 bits per heavy atom. The molecule has 128 valence electrons. The van der Waals surface area contributed by atoms with E-state index in [2.05, 4.69) is 10.3 Å². The van der Waals surface area contributed by atoms with Crippen molar-refractivity contribution in [1.82, 2.24) is 4.98 Å². The second-order valence-corrected chi connectivity index (χ2v) is 5.49. The molecule has 0 saturated carbocycles. The minimum Gasteiger partial charge on any atom is -0.445 e. The Kier molecular flexibility index (Phi) is 4.61. The van der Waals surface area contributed by atoms with Crippen LogP contribution in [0, 0.1) is 18.6 Å². The van der Waals surface area contributed by atoms with E-state index in [9.17, 15) is 13.6 Å². The number of anilines is 1. The van der Waals surface area contributed by atoms with E-state index in [4.69, 9.17) is 4.42 Å². The minimum atomic E-state index is -0.903. The van der Waals surface area contributed by atoms with E-state index in [-0.39, 0.29) is 0 Å². The Morgan fingerprint density at radius 1 is 1.12 bits per heavy atom. The highest BCUT2D eigenvalue weighted by atomic mass is 19.1. The Labute approximate surface area is 143 Å². The summed E-state index contributed by atoms with van der Waals surface area (Å²) in [6.45, 7) is 3.79. The summed E-state index contributed by atoms with van der Waals surface area (Å²) in [6, 6.07) is 10.1. The summed E-state index contributed by atoms with van der Waals surface area (Å²) < 4.78 is 32.8. The standard InChI is InChI=1S/C19H16F2N2O2/c1-3-16-23-18(11(2)25-16)12-7-9-13(10-8-12)22-19(24)17-14(20)5-4-6-15(17)21/h4-10H,3H2,1-2H3,(H,22,24). The van der Waals surface area contributed by atoms with Gasteiger partial charge in [0.1, 0.15) is 28.7 Å². The van der Waals surface area contributed by atoms with Gasteiger partial charge < -0.3 is 9.73 Å². The van der Waals surface area contributed by atoms with Crippen LogP contribution in [0.3, 0.4) is 0 Å². The van der Waals surface area contributed by atoms with Crippen LogP contribution in [0.1, 0.15) is 28.9 Å². The third kappa shape index (κ3) is 3.42. The van der Waals surface area contributed by atoms with Gasteiger partial charge in [-0.2, -0.15) is 0 Å². The Bertz CT molecular complexity index is 897. The number of carbonyl (C=O) groups excluding carboxylic acids is 1. The Hall–Kier alpha value is -3.02. The number of aromatic nitrogens is 1. The van der Waals surface area contributed by atoms with Crippen LogP contribution in [0.2, 0.25) is 0 Å². The van der Waals surface area contributed by atoms with Gasteiger partial charge in [-0.25, -0.2) is 13.8 Å². The number of nitrogens with one attached hydrogen (secondary N) is 1. The number of hydrogen-bond donors (Lipinski definition) is 1. The van der Waals surface area contributed by atoms with Crippen LogP contribution < -0.4 is 5.32 Å². The van der Waals surface area contributed by atoms with Gasteiger partial charge in [-0.15, -0.1) is 0 Å². The lowest BCUT2D eigenvalue weighted by molar-refractivity contribution is 0.101. The molecule has 0 aliphatic heterocycles. The van der Waals surface area contributed by atoms with Crippen LogP contribution in [0.5, 0.6) is 0 Å². The average Bonchev–Trinajstić information content (AvgIpc) is 2.96. The first-order valence-corrected chi connectivity index (χ1v) is 7.81. The maximum Gasteiger partial charge on any atom is 0.261 e. The lowest BCUT2D eigenvalue weighted by atomic mass is 10.1. The lowest BCUT2D eigenvalue weighted by Gasteiger charge is -2.07. The first-order chi connectivity index (χ1) is 12.0. The number of carbonyl (C=O) groups is 1. The molecule has 0 aliphatic carbocycles. The van der Waals surface area contributed by atoms with E-state index in [1.54, 1.807) is 24.3 Å². The van der Waals surface area contributed by atoms with E-state index in [0.29, 0.717) is 23.8 Å². The van der Waals surface area contributed by atoms with Crippen molar-refractivity contribution in [3.05, 3.63) is 71.3 Å². The molecule has 0 fully saturated rings. The number of halogens is 2. The van der Waals surface area contributed by atoms with Gasteiger partial charge in [-0.3, -0.25) is 4.79 Å². The van der Waals surface area contributed by atoms with Gasteiger partial charge in [-0.1, -0.05) is 25.1 Å². The third-order valence-electron chi connectivity index (χ3n) is 3.75. The SMILES string of the molecule is CCc1nc(-c2ccc(NC(=O)c3c(F)cccc3F)cc2)c(C)o1. The van der Waals surface area contributed by atoms with Gasteiger partial charge in [0, 0.05) is 17.7 Å². The quantitative estimate of drug-likeness (QED) is 0.745. The molecule has 0 unspecified atom stereocenters. The molecule has 1 amide bonds. The maximum atomic E-state index is 13.6. The maximum absolute atomic E-state index is 13.6. The highest BCUT2D eigenvalue weighted by Crippen LogP contribution is 2.25. The molecule has 0 aliphatic rings. The van der Waals surface area contributed by atoms with E-state index in [1.807, 2.05) is 13.8 Å². The predicted octanol–water partition coefficient (Wildman–Crippen LogP) is 4.74. The van der Waals surface area contributed by atoms with E-state index < -0.39 is 23.1 Å². The molecule has 3 rings (SSSR count). The first kappa shape index (κ1) is 16.8. The summed E-state index contributed by atoms with van der Waals surface area (Å²) in [7, 11) is 0. The smallest absolute Gasteiger partial charge is 0.261 e. The van der Waals surface area contributed by atoms with Crippen molar-refractivity contribution in [3.8, 4) is 11.3 Å². The van der Waals surface area contributed by atoms with Crippen molar-refractivity contribution in [2.24, 2.45) is 0 Å². The third-order valence-corrected chi connectivity index (χ3v) is 3.75. The number of nitrogens with zero attached hydrogens (tertiary/aromatic N) is 1. The van der Waals surface area contributed by atoms with E-state index in [1.165, 1.54) is 6.07 Å². The molecule has 1 N–H and O–H groups in total. The molecule has 4 nitrogen and oxygen atoms in total. The van der Waals surface area contributed by atoms with Crippen LogP contribution >= 0.6 is 0 Å². The summed E-state index contributed by atoms with van der Waals surface area (Å²) in [5, 5.41) is 2.49. The fourth-order valence-electron chi connectivity index (χ4n) is 2.49. The number of benzene rings is 2. The average molecular weight is 342 g/mol. The van der Waals surface area contributed by atoms with Crippen LogP contribution in [-0.2, 0) is 6.42 Å². The van der Waals surface area contributed by atoms with Gasteiger partial charge in [0.05, 0.1) is 0 Å². The van der Waals surface area contributed by atoms with E-state index >= 15 is 0 Å². The van der Waals surface area contributed by atoms with Crippen molar-refractivity contribution >= 4 is 11.6 Å².